The van der Waals surface area contributed by atoms with Crippen molar-refractivity contribution in [2.75, 3.05) is 6.54 Å². The van der Waals surface area contributed by atoms with E-state index in [0.29, 0.717) is 6.54 Å². The first-order valence-electron chi connectivity index (χ1n) is 6.25. The average Bonchev–Trinajstić information content (AvgIpc) is 2.40. The van der Waals surface area contributed by atoms with Crippen LogP contribution in [0.15, 0.2) is 20.3 Å². The Bertz CT molecular complexity index is 562. The molecule has 6 nitrogen and oxygen atoms in total. The molecule has 1 N–H and O–H groups in total. The van der Waals surface area contributed by atoms with Gasteiger partial charge < -0.3 is 5.32 Å². The third-order valence-electron chi connectivity index (χ3n) is 2.77. The largest absolute Gasteiger partial charge is 0.339 e. The maximum atomic E-state index is 11.8. The fraction of sp³-hybridized carbons (Fsp3) is 0.583. The molecule has 1 heterocycles. The second kappa shape index (κ2) is 7.28. The molecule has 0 aliphatic heterocycles. The van der Waals surface area contributed by atoms with Crippen LogP contribution in [0.1, 0.15) is 32.6 Å². The summed E-state index contributed by atoms with van der Waals surface area (Å²) in [4.78, 5) is 35.1. The van der Waals surface area contributed by atoms with Crippen LogP contribution in [0.5, 0.6) is 0 Å². The summed E-state index contributed by atoms with van der Waals surface area (Å²) in [6.45, 7) is 2.63. The number of carbonyl (C=O) groups excluding carboxylic acids is 1. The summed E-state index contributed by atoms with van der Waals surface area (Å²) in [5, 5.41) is 2.66. The van der Waals surface area contributed by atoms with Gasteiger partial charge in [-0.3, -0.25) is 9.36 Å². The van der Waals surface area contributed by atoms with Crippen LogP contribution in [0.3, 0.4) is 0 Å². The Labute approximate surface area is 119 Å². The van der Waals surface area contributed by atoms with Gasteiger partial charge >= 0.3 is 11.7 Å². The molecule has 1 aromatic heterocycles. The van der Waals surface area contributed by atoms with Crippen molar-refractivity contribution in [2.24, 2.45) is 7.05 Å². The predicted octanol–water partition coefficient (Wildman–Crippen LogP) is 1.45. The first-order valence-corrected chi connectivity index (χ1v) is 7.04. The van der Waals surface area contributed by atoms with Crippen LogP contribution < -0.4 is 16.6 Å². The Morgan fingerprint density at radius 2 is 2.00 bits per heavy atom. The predicted molar refractivity (Wildman–Crippen MR) is 76.6 cm³/mol. The smallest absolute Gasteiger partial charge is 0.337 e. The van der Waals surface area contributed by atoms with Crippen LogP contribution in [-0.2, 0) is 7.05 Å². The van der Waals surface area contributed by atoms with E-state index in [1.807, 2.05) is 0 Å². The summed E-state index contributed by atoms with van der Waals surface area (Å²) < 4.78 is 1.96. The van der Waals surface area contributed by atoms with Crippen molar-refractivity contribution in [3.05, 3.63) is 31.5 Å². The molecule has 7 heteroatoms. The van der Waals surface area contributed by atoms with Crippen molar-refractivity contribution in [1.82, 2.24) is 14.5 Å². The third-order valence-corrected chi connectivity index (χ3v) is 3.31. The Morgan fingerprint density at radius 1 is 1.32 bits per heavy atom. The van der Waals surface area contributed by atoms with Crippen molar-refractivity contribution in [2.45, 2.75) is 32.6 Å². The van der Waals surface area contributed by atoms with Gasteiger partial charge in [-0.25, -0.2) is 14.2 Å². The lowest BCUT2D eigenvalue weighted by molar-refractivity contribution is 0.240. The Kier molecular flexibility index (Phi) is 6.01. The van der Waals surface area contributed by atoms with Gasteiger partial charge in [-0.1, -0.05) is 26.2 Å². The molecule has 0 radical (unpaired) electrons. The molecule has 0 saturated carbocycles. The SMILES string of the molecule is CCCCCCNC(=O)n1cc(Br)c(=O)n(C)c1=O. The summed E-state index contributed by atoms with van der Waals surface area (Å²) in [5.74, 6) is 0. The van der Waals surface area contributed by atoms with Gasteiger partial charge in [0.15, 0.2) is 0 Å². The van der Waals surface area contributed by atoms with Gasteiger partial charge in [-0.15, -0.1) is 0 Å². The summed E-state index contributed by atoms with van der Waals surface area (Å²) in [7, 11) is 1.33. The highest BCUT2D eigenvalue weighted by atomic mass is 79.9. The lowest BCUT2D eigenvalue weighted by atomic mass is 10.2. The maximum absolute atomic E-state index is 11.8. The van der Waals surface area contributed by atoms with Crippen LogP contribution >= 0.6 is 15.9 Å². The zero-order valence-corrected chi connectivity index (χ0v) is 12.7. The van der Waals surface area contributed by atoms with Gasteiger partial charge in [-0.2, -0.15) is 0 Å². The van der Waals surface area contributed by atoms with Gasteiger partial charge in [0.1, 0.15) is 0 Å². The van der Waals surface area contributed by atoms with Gasteiger partial charge in [0.25, 0.3) is 5.56 Å². The van der Waals surface area contributed by atoms with Crippen LogP contribution in [0, 0.1) is 0 Å². The highest BCUT2D eigenvalue weighted by Gasteiger charge is 2.11. The van der Waals surface area contributed by atoms with E-state index in [9.17, 15) is 14.4 Å². The molecule has 0 fully saturated rings. The van der Waals surface area contributed by atoms with Crippen LogP contribution in [0.25, 0.3) is 0 Å². The summed E-state index contributed by atoms with van der Waals surface area (Å²) >= 11 is 3.03. The van der Waals surface area contributed by atoms with E-state index in [1.54, 1.807) is 0 Å². The molecule has 0 bridgehead atoms. The molecule has 0 atom stereocenters. The summed E-state index contributed by atoms with van der Waals surface area (Å²) in [6.07, 6.45) is 5.37. The molecule has 1 aromatic rings. The average molecular weight is 332 g/mol. The first kappa shape index (κ1) is 15.7. The van der Waals surface area contributed by atoms with E-state index < -0.39 is 17.3 Å². The third kappa shape index (κ3) is 4.05. The Hall–Kier alpha value is -1.37. The fourth-order valence-corrected chi connectivity index (χ4v) is 2.08. The number of nitrogens with one attached hydrogen (secondary N) is 1. The molecule has 0 aliphatic rings. The van der Waals surface area contributed by atoms with Crippen LogP contribution in [0.2, 0.25) is 0 Å². The van der Waals surface area contributed by atoms with Gasteiger partial charge in [0.05, 0.1) is 4.47 Å². The molecule has 106 valence electrons. The number of rotatable bonds is 5. The van der Waals surface area contributed by atoms with Gasteiger partial charge in [0.2, 0.25) is 0 Å². The topological polar surface area (TPSA) is 73.1 Å². The lowest BCUT2D eigenvalue weighted by Crippen LogP contribution is -2.44. The lowest BCUT2D eigenvalue weighted by Gasteiger charge is -2.08. The Balaban J connectivity index is 2.73. The molecule has 0 spiro atoms. The van der Waals surface area contributed by atoms with E-state index in [-0.39, 0.29) is 4.47 Å². The molecular weight excluding hydrogens is 314 g/mol. The molecule has 19 heavy (non-hydrogen) atoms. The highest BCUT2D eigenvalue weighted by Crippen LogP contribution is 1.99. The molecule has 1 amide bonds. The van der Waals surface area contributed by atoms with E-state index in [4.69, 9.17) is 0 Å². The monoisotopic (exact) mass is 331 g/mol. The number of unbranched alkanes of at least 4 members (excludes halogenated alkanes) is 3. The second-order valence-corrected chi connectivity index (χ2v) is 5.14. The molecule has 0 saturated heterocycles. The zero-order valence-electron chi connectivity index (χ0n) is 11.1. The van der Waals surface area contributed by atoms with E-state index >= 15 is 0 Å². The van der Waals surface area contributed by atoms with Crippen molar-refractivity contribution in [3.8, 4) is 0 Å². The number of amides is 1. The van der Waals surface area contributed by atoms with E-state index in [0.717, 1.165) is 34.8 Å². The van der Waals surface area contributed by atoms with Crippen molar-refractivity contribution < 1.29 is 4.79 Å². The fourth-order valence-electron chi connectivity index (χ4n) is 1.61. The van der Waals surface area contributed by atoms with E-state index in [1.165, 1.54) is 13.2 Å². The second-order valence-electron chi connectivity index (χ2n) is 4.29. The minimum atomic E-state index is -0.653. The maximum Gasteiger partial charge on any atom is 0.339 e. The zero-order chi connectivity index (χ0) is 14.4. The van der Waals surface area contributed by atoms with Crippen LogP contribution in [-0.4, -0.2) is 21.7 Å². The van der Waals surface area contributed by atoms with Gasteiger partial charge in [-0.05, 0) is 22.4 Å². The quantitative estimate of drug-likeness (QED) is 0.830. The normalized spacial score (nSPS) is 10.5. The first-order chi connectivity index (χ1) is 8.99. The summed E-state index contributed by atoms with van der Waals surface area (Å²) in [5.41, 5.74) is -1.11. The molecular formula is C12H18BrN3O3. The molecule has 1 rings (SSSR count). The minimum Gasteiger partial charge on any atom is -0.337 e. The van der Waals surface area contributed by atoms with Crippen molar-refractivity contribution in [3.63, 3.8) is 0 Å². The number of aromatic nitrogens is 2. The molecule has 0 unspecified atom stereocenters. The number of hydrogen-bond donors (Lipinski definition) is 1. The number of hydrogen-bond acceptors (Lipinski definition) is 3. The molecule has 0 aliphatic carbocycles. The van der Waals surface area contributed by atoms with Crippen molar-refractivity contribution >= 4 is 22.0 Å². The van der Waals surface area contributed by atoms with Gasteiger partial charge in [0, 0.05) is 19.8 Å². The minimum absolute atomic E-state index is 0.177. The van der Waals surface area contributed by atoms with Crippen LogP contribution in [0.4, 0.5) is 4.79 Å². The standard InChI is InChI=1S/C12H18BrN3O3/c1-3-4-5-6-7-14-11(18)16-8-9(13)10(17)15(2)12(16)19/h8H,3-7H2,1-2H3,(H,14,18). The highest BCUT2D eigenvalue weighted by molar-refractivity contribution is 9.10. The number of nitrogens with zero attached hydrogens (tertiary/aromatic N) is 2. The van der Waals surface area contributed by atoms with E-state index in [2.05, 4.69) is 28.2 Å². The molecule has 0 aromatic carbocycles. The Morgan fingerprint density at radius 3 is 2.63 bits per heavy atom. The summed E-state index contributed by atoms with van der Waals surface area (Å²) in [6, 6.07) is -0.516. The number of halogens is 1. The van der Waals surface area contributed by atoms with Crippen molar-refractivity contribution in [1.29, 1.82) is 0 Å². The number of carbonyl (C=O) groups is 1.